The van der Waals surface area contributed by atoms with E-state index in [2.05, 4.69) is 24.2 Å². The van der Waals surface area contributed by atoms with Crippen molar-refractivity contribution in [2.75, 3.05) is 0 Å². The molecule has 2 aromatic rings. The second kappa shape index (κ2) is 5.15. The minimum atomic E-state index is -0.490. The Morgan fingerprint density at radius 1 is 1.24 bits per heavy atom. The van der Waals surface area contributed by atoms with Crippen molar-refractivity contribution >= 4 is 0 Å². The second-order valence-electron chi connectivity index (χ2n) is 4.32. The van der Waals surface area contributed by atoms with Gasteiger partial charge in [0.05, 0.1) is 12.3 Å². The van der Waals surface area contributed by atoms with E-state index in [1.54, 1.807) is 10.9 Å². The number of nitrogens with zero attached hydrogens (tertiary/aromatic N) is 2. The molecule has 0 amide bonds. The Balaban J connectivity index is 2.25. The van der Waals surface area contributed by atoms with Gasteiger partial charge in [-0.25, -0.2) is 0 Å². The number of hydrogen-bond donors (Lipinski definition) is 1. The molecule has 1 aromatic carbocycles. The Kier molecular flexibility index (Phi) is 3.59. The molecule has 2 rings (SSSR count). The maximum absolute atomic E-state index is 10.4. The third-order valence-electron chi connectivity index (χ3n) is 3.12. The summed E-state index contributed by atoms with van der Waals surface area (Å²) in [6.45, 7) is 2.09. The normalized spacial score (nSPS) is 14.5. The van der Waals surface area contributed by atoms with Crippen LogP contribution in [0.25, 0.3) is 0 Å². The van der Waals surface area contributed by atoms with E-state index in [1.165, 1.54) is 5.56 Å². The average molecular weight is 230 g/mol. The van der Waals surface area contributed by atoms with Crippen LogP contribution in [0.4, 0.5) is 0 Å². The first-order chi connectivity index (χ1) is 8.22. The zero-order valence-electron chi connectivity index (χ0n) is 10.2. The van der Waals surface area contributed by atoms with Crippen molar-refractivity contribution in [2.24, 2.45) is 7.05 Å². The van der Waals surface area contributed by atoms with E-state index in [0.717, 1.165) is 12.0 Å². The fourth-order valence-electron chi connectivity index (χ4n) is 2.17. The van der Waals surface area contributed by atoms with E-state index in [4.69, 9.17) is 0 Å². The summed E-state index contributed by atoms with van der Waals surface area (Å²) in [5.74, 6) is 0.125. The summed E-state index contributed by atoms with van der Waals surface area (Å²) in [6.07, 6.45) is 4.02. The molecule has 0 aliphatic carbocycles. The SMILES string of the molecule is CCC(c1ccccc1)C(O)c1cnn(C)c1. The predicted octanol–water partition coefficient (Wildman–Crippen LogP) is 2.65. The van der Waals surface area contributed by atoms with Crippen LogP contribution >= 0.6 is 0 Å². The molecule has 0 radical (unpaired) electrons. The largest absolute Gasteiger partial charge is 0.388 e. The molecule has 2 atom stereocenters. The molecule has 0 saturated heterocycles. The van der Waals surface area contributed by atoms with Gasteiger partial charge >= 0.3 is 0 Å². The molecule has 0 saturated carbocycles. The first-order valence-electron chi connectivity index (χ1n) is 5.94. The van der Waals surface area contributed by atoms with E-state index < -0.39 is 6.10 Å². The van der Waals surface area contributed by atoms with Crippen LogP contribution in [0.5, 0.6) is 0 Å². The fraction of sp³-hybridized carbons (Fsp3) is 0.357. The van der Waals surface area contributed by atoms with Crippen molar-refractivity contribution in [3.63, 3.8) is 0 Å². The van der Waals surface area contributed by atoms with Crippen LogP contribution in [-0.4, -0.2) is 14.9 Å². The van der Waals surface area contributed by atoms with Gasteiger partial charge in [-0.15, -0.1) is 0 Å². The zero-order valence-corrected chi connectivity index (χ0v) is 10.2. The third kappa shape index (κ3) is 2.56. The van der Waals surface area contributed by atoms with E-state index in [1.807, 2.05) is 31.4 Å². The quantitative estimate of drug-likeness (QED) is 0.876. The smallest absolute Gasteiger partial charge is 0.0888 e. The highest BCUT2D eigenvalue weighted by Crippen LogP contribution is 2.32. The Labute approximate surface area is 102 Å². The lowest BCUT2D eigenvalue weighted by Gasteiger charge is -2.21. The maximum Gasteiger partial charge on any atom is 0.0888 e. The van der Waals surface area contributed by atoms with Crippen molar-refractivity contribution < 1.29 is 5.11 Å². The number of aliphatic hydroxyl groups excluding tert-OH is 1. The number of aromatic nitrogens is 2. The van der Waals surface area contributed by atoms with Crippen LogP contribution in [0.1, 0.15) is 36.5 Å². The molecule has 1 N–H and O–H groups in total. The second-order valence-corrected chi connectivity index (χ2v) is 4.32. The molecule has 3 nitrogen and oxygen atoms in total. The predicted molar refractivity (Wildman–Crippen MR) is 67.6 cm³/mol. The van der Waals surface area contributed by atoms with Crippen LogP contribution in [0.2, 0.25) is 0 Å². The van der Waals surface area contributed by atoms with Gasteiger partial charge in [-0.3, -0.25) is 4.68 Å². The highest BCUT2D eigenvalue weighted by atomic mass is 16.3. The van der Waals surface area contributed by atoms with Gasteiger partial charge in [0.2, 0.25) is 0 Å². The van der Waals surface area contributed by atoms with Crippen molar-refractivity contribution in [3.8, 4) is 0 Å². The van der Waals surface area contributed by atoms with Crippen molar-refractivity contribution in [2.45, 2.75) is 25.4 Å². The van der Waals surface area contributed by atoms with Gasteiger partial charge in [-0.1, -0.05) is 37.3 Å². The van der Waals surface area contributed by atoms with Crippen molar-refractivity contribution in [3.05, 3.63) is 53.9 Å². The number of hydrogen-bond acceptors (Lipinski definition) is 2. The molecule has 1 aromatic heterocycles. The molecule has 0 fully saturated rings. The number of benzene rings is 1. The summed E-state index contributed by atoms with van der Waals surface area (Å²) in [7, 11) is 1.86. The maximum atomic E-state index is 10.4. The van der Waals surface area contributed by atoms with E-state index >= 15 is 0 Å². The molecule has 3 heteroatoms. The molecular formula is C14H18N2O. The zero-order chi connectivity index (χ0) is 12.3. The number of rotatable bonds is 4. The molecule has 1 heterocycles. The first kappa shape index (κ1) is 11.9. The van der Waals surface area contributed by atoms with Crippen LogP contribution in [0.15, 0.2) is 42.7 Å². The van der Waals surface area contributed by atoms with Gasteiger partial charge in [0.15, 0.2) is 0 Å². The molecule has 17 heavy (non-hydrogen) atoms. The fourth-order valence-corrected chi connectivity index (χ4v) is 2.17. The first-order valence-corrected chi connectivity index (χ1v) is 5.94. The van der Waals surface area contributed by atoms with Crippen LogP contribution in [0, 0.1) is 0 Å². The summed E-state index contributed by atoms with van der Waals surface area (Å²) in [6, 6.07) is 10.1. The van der Waals surface area contributed by atoms with Gasteiger partial charge in [0.25, 0.3) is 0 Å². The number of aryl methyl sites for hydroxylation is 1. The lowest BCUT2D eigenvalue weighted by molar-refractivity contribution is 0.142. The minimum Gasteiger partial charge on any atom is -0.388 e. The standard InChI is InChI=1S/C14H18N2O/c1-3-13(11-7-5-4-6-8-11)14(17)12-9-15-16(2)10-12/h4-10,13-14,17H,3H2,1-2H3. The van der Waals surface area contributed by atoms with E-state index in [-0.39, 0.29) is 5.92 Å². The Morgan fingerprint density at radius 3 is 2.47 bits per heavy atom. The lowest BCUT2D eigenvalue weighted by Crippen LogP contribution is -2.09. The van der Waals surface area contributed by atoms with Crippen LogP contribution in [0.3, 0.4) is 0 Å². The monoisotopic (exact) mass is 230 g/mol. The summed E-state index contributed by atoms with van der Waals surface area (Å²) in [5.41, 5.74) is 2.05. The summed E-state index contributed by atoms with van der Waals surface area (Å²) < 4.78 is 1.72. The highest BCUT2D eigenvalue weighted by molar-refractivity contribution is 5.24. The van der Waals surface area contributed by atoms with Crippen LogP contribution in [-0.2, 0) is 7.05 Å². The molecule has 0 bridgehead atoms. The lowest BCUT2D eigenvalue weighted by atomic mass is 9.88. The Morgan fingerprint density at radius 2 is 1.94 bits per heavy atom. The van der Waals surface area contributed by atoms with Crippen LogP contribution < -0.4 is 0 Å². The number of aliphatic hydroxyl groups is 1. The average Bonchev–Trinajstić information content (AvgIpc) is 2.78. The summed E-state index contributed by atoms with van der Waals surface area (Å²) in [5, 5.41) is 14.5. The molecular weight excluding hydrogens is 212 g/mol. The summed E-state index contributed by atoms with van der Waals surface area (Å²) in [4.78, 5) is 0. The van der Waals surface area contributed by atoms with Gasteiger partial charge in [0, 0.05) is 24.7 Å². The minimum absolute atomic E-state index is 0.125. The summed E-state index contributed by atoms with van der Waals surface area (Å²) >= 11 is 0. The van der Waals surface area contributed by atoms with Gasteiger partial charge in [0.1, 0.15) is 0 Å². The molecule has 0 spiro atoms. The molecule has 2 unspecified atom stereocenters. The highest BCUT2D eigenvalue weighted by Gasteiger charge is 2.21. The molecule has 90 valence electrons. The Bertz CT molecular complexity index is 464. The molecule has 0 aliphatic rings. The topological polar surface area (TPSA) is 38.1 Å². The van der Waals surface area contributed by atoms with Crippen molar-refractivity contribution in [1.82, 2.24) is 9.78 Å². The van der Waals surface area contributed by atoms with E-state index in [0.29, 0.717) is 0 Å². The van der Waals surface area contributed by atoms with Gasteiger partial charge in [-0.05, 0) is 12.0 Å². The van der Waals surface area contributed by atoms with Gasteiger partial charge in [-0.2, -0.15) is 5.10 Å². The third-order valence-corrected chi connectivity index (χ3v) is 3.12. The Hall–Kier alpha value is -1.61. The molecule has 0 aliphatic heterocycles. The van der Waals surface area contributed by atoms with Crippen molar-refractivity contribution in [1.29, 1.82) is 0 Å². The van der Waals surface area contributed by atoms with Gasteiger partial charge < -0.3 is 5.11 Å². The van der Waals surface area contributed by atoms with E-state index in [9.17, 15) is 5.11 Å².